The van der Waals surface area contributed by atoms with Crippen molar-refractivity contribution in [2.75, 3.05) is 38.5 Å². The van der Waals surface area contributed by atoms with E-state index in [2.05, 4.69) is 10.6 Å². The number of ether oxygens (including phenoxy) is 3. The fourth-order valence-corrected chi connectivity index (χ4v) is 2.26. The van der Waals surface area contributed by atoms with E-state index in [1.54, 1.807) is 50.6 Å². The Morgan fingerprint density at radius 1 is 0.958 bits per heavy atom. The fraction of sp³-hybridized carbons (Fsp3) is 0.235. The average molecular weight is 351 g/mol. The summed E-state index contributed by atoms with van der Waals surface area (Å²) >= 11 is 5.95. The normalized spacial score (nSPS) is 10.0. The monoisotopic (exact) mass is 350 g/mol. The number of nitrogens with one attached hydrogen (secondary N) is 2. The van der Waals surface area contributed by atoms with E-state index >= 15 is 0 Å². The summed E-state index contributed by atoms with van der Waals surface area (Å²) in [6, 6.07) is 10.3. The molecule has 0 aliphatic rings. The second-order valence-corrected chi connectivity index (χ2v) is 5.25. The third kappa shape index (κ3) is 4.45. The summed E-state index contributed by atoms with van der Waals surface area (Å²) in [4.78, 5) is 12.2. The van der Waals surface area contributed by atoms with Gasteiger partial charge in [0.2, 0.25) is 5.91 Å². The SMILES string of the molecule is COc1ccc(NCC(=O)Nc2cc(Cl)ccc2OC)c(OC)c1. The minimum Gasteiger partial charge on any atom is -0.497 e. The molecule has 0 fully saturated rings. The molecule has 128 valence electrons. The van der Waals surface area contributed by atoms with Crippen LogP contribution in [0.15, 0.2) is 36.4 Å². The van der Waals surface area contributed by atoms with Gasteiger partial charge in [0.25, 0.3) is 0 Å². The quantitative estimate of drug-likeness (QED) is 0.800. The van der Waals surface area contributed by atoms with Gasteiger partial charge in [-0.05, 0) is 30.3 Å². The first kappa shape index (κ1) is 17.7. The Morgan fingerprint density at radius 2 is 1.71 bits per heavy atom. The van der Waals surface area contributed by atoms with E-state index in [1.807, 2.05) is 0 Å². The molecule has 2 aromatic carbocycles. The number of benzene rings is 2. The average Bonchev–Trinajstić information content (AvgIpc) is 2.60. The third-order valence-corrected chi connectivity index (χ3v) is 3.52. The second-order valence-electron chi connectivity index (χ2n) is 4.81. The lowest BCUT2D eigenvalue weighted by Crippen LogP contribution is -2.22. The largest absolute Gasteiger partial charge is 0.497 e. The van der Waals surface area contributed by atoms with Crippen molar-refractivity contribution in [3.8, 4) is 17.2 Å². The van der Waals surface area contributed by atoms with Crippen molar-refractivity contribution in [3.63, 3.8) is 0 Å². The molecule has 7 heteroatoms. The van der Waals surface area contributed by atoms with Gasteiger partial charge in [-0.25, -0.2) is 0 Å². The van der Waals surface area contributed by atoms with Gasteiger partial charge >= 0.3 is 0 Å². The number of hydrogen-bond acceptors (Lipinski definition) is 5. The highest BCUT2D eigenvalue weighted by Crippen LogP contribution is 2.29. The topological polar surface area (TPSA) is 68.8 Å². The molecular weight excluding hydrogens is 332 g/mol. The van der Waals surface area contributed by atoms with Crippen molar-refractivity contribution in [1.82, 2.24) is 0 Å². The van der Waals surface area contributed by atoms with Crippen molar-refractivity contribution in [2.24, 2.45) is 0 Å². The summed E-state index contributed by atoms with van der Waals surface area (Å²) in [7, 11) is 4.66. The first-order valence-corrected chi connectivity index (χ1v) is 7.54. The molecule has 0 bridgehead atoms. The highest BCUT2D eigenvalue weighted by atomic mass is 35.5. The van der Waals surface area contributed by atoms with Crippen LogP contribution in [0.5, 0.6) is 17.2 Å². The lowest BCUT2D eigenvalue weighted by atomic mass is 10.2. The molecule has 0 aromatic heterocycles. The van der Waals surface area contributed by atoms with Crippen molar-refractivity contribution in [1.29, 1.82) is 0 Å². The Balaban J connectivity index is 2.02. The number of carbonyl (C=O) groups excluding carboxylic acids is 1. The van der Waals surface area contributed by atoms with Crippen LogP contribution in [0.3, 0.4) is 0 Å². The number of halogens is 1. The van der Waals surface area contributed by atoms with Gasteiger partial charge in [0.15, 0.2) is 0 Å². The van der Waals surface area contributed by atoms with E-state index in [9.17, 15) is 4.79 Å². The summed E-state index contributed by atoms with van der Waals surface area (Å²) in [5.74, 6) is 1.55. The first-order chi connectivity index (χ1) is 11.6. The molecule has 1 amide bonds. The third-order valence-electron chi connectivity index (χ3n) is 3.28. The number of anilines is 2. The van der Waals surface area contributed by atoms with E-state index < -0.39 is 0 Å². The van der Waals surface area contributed by atoms with Crippen LogP contribution < -0.4 is 24.8 Å². The zero-order valence-corrected chi connectivity index (χ0v) is 14.4. The van der Waals surface area contributed by atoms with Crippen molar-refractivity contribution < 1.29 is 19.0 Å². The summed E-state index contributed by atoms with van der Waals surface area (Å²) in [6.07, 6.45) is 0. The highest BCUT2D eigenvalue weighted by molar-refractivity contribution is 6.31. The van der Waals surface area contributed by atoms with E-state index in [-0.39, 0.29) is 12.5 Å². The molecular formula is C17H19ClN2O4. The van der Waals surface area contributed by atoms with Crippen LogP contribution >= 0.6 is 11.6 Å². The molecule has 2 rings (SSSR count). The minimum absolute atomic E-state index is 0.0539. The van der Waals surface area contributed by atoms with E-state index in [0.717, 1.165) is 0 Å². The van der Waals surface area contributed by atoms with Gasteiger partial charge in [0.05, 0.1) is 39.2 Å². The van der Waals surface area contributed by atoms with E-state index in [0.29, 0.717) is 33.6 Å². The Kier molecular flexibility index (Phi) is 6.14. The maximum Gasteiger partial charge on any atom is 0.243 e. The number of methoxy groups -OCH3 is 3. The minimum atomic E-state index is -0.242. The molecule has 0 aliphatic heterocycles. The molecule has 0 aliphatic carbocycles. The first-order valence-electron chi connectivity index (χ1n) is 7.16. The van der Waals surface area contributed by atoms with Crippen LogP contribution in [-0.4, -0.2) is 33.8 Å². The molecule has 6 nitrogen and oxygen atoms in total. The van der Waals surface area contributed by atoms with Gasteiger partial charge in [-0.2, -0.15) is 0 Å². The molecule has 2 N–H and O–H groups in total. The van der Waals surface area contributed by atoms with E-state index in [1.165, 1.54) is 7.11 Å². The fourth-order valence-electron chi connectivity index (χ4n) is 2.09. The van der Waals surface area contributed by atoms with Gasteiger partial charge in [0.1, 0.15) is 17.2 Å². The summed E-state index contributed by atoms with van der Waals surface area (Å²) < 4.78 is 15.6. The Labute approximate surface area is 145 Å². The summed E-state index contributed by atoms with van der Waals surface area (Å²) in [5, 5.41) is 6.29. The Bertz CT molecular complexity index is 722. The van der Waals surface area contributed by atoms with Crippen LogP contribution in [0.2, 0.25) is 5.02 Å². The van der Waals surface area contributed by atoms with E-state index in [4.69, 9.17) is 25.8 Å². The molecule has 2 aromatic rings. The summed E-state index contributed by atoms with van der Waals surface area (Å²) in [6.45, 7) is 0.0539. The highest BCUT2D eigenvalue weighted by Gasteiger charge is 2.10. The van der Waals surface area contributed by atoms with Crippen molar-refractivity contribution in [2.45, 2.75) is 0 Å². The van der Waals surface area contributed by atoms with Crippen LogP contribution in [0.1, 0.15) is 0 Å². The zero-order chi connectivity index (χ0) is 17.5. The molecule has 0 atom stereocenters. The number of hydrogen-bond donors (Lipinski definition) is 2. The van der Waals surface area contributed by atoms with Crippen LogP contribution in [0.4, 0.5) is 11.4 Å². The van der Waals surface area contributed by atoms with Crippen molar-refractivity contribution in [3.05, 3.63) is 41.4 Å². The molecule has 24 heavy (non-hydrogen) atoms. The molecule has 0 radical (unpaired) electrons. The van der Waals surface area contributed by atoms with Crippen molar-refractivity contribution >= 4 is 28.9 Å². The molecule has 0 unspecified atom stereocenters. The maximum atomic E-state index is 12.2. The standard InChI is InChI=1S/C17H19ClN2O4/c1-22-12-5-6-13(16(9-12)24-3)19-10-17(21)20-14-8-11(18)4-7-15(14)23-2/h4-9,19H,10H2,1-3H3,(H,20,21). The second kappa shape index (κ2) is 8.31. The lowest BCUT2D eigenvalue weighted by Gasteiger charge is -2.13. The van der Waals surface area contributed by atoms with Gasteiger partial charge in [-0.1, -0.05) is 11.6 Å². The maximum absolute atomic E-state index is 12.2. The molecule has 0 heterocycles. The zero-order valence-electron chi connectivity index (χ0n) is 13.7. The smallest absolute Gasteiger partial charge is 0.243 e. The van der Waals surface area contributed by atoms with Crippen LogP contribution in [-0.2, 0) is 4.79 Å². The number of carbonyl (C=O) groups is 1. The predicted octanol–water partition coefficient (Wildman–Crippen LogP) is 3.42. The Hall–Kier alpha value is -2.60. The van der Waals surface area contributed by atoms with Gasteiger partial charge < -0.3 is 24.8 Å². The molecule has 0 spiro atoms. The van der Waals surface area contributed by atoms with Gasteiger partial charge in [-0.3, -0.25) is 4.79 Å². The summed E-state index contributed by atoms with van der Waals surface area (Å²) in [5.41, 5.74) is 1.20. The lowest BCUT2D eigenvalue weighted by molar-refractivity contribution is -0.114. The Morgan fingerprint density at radius 3 is 2.38 bits per heavy atom. The van der Waals surface area contributed by atoms with Gasteiger partial charge in [-0.15, -0.1) is 0 Å². The van der Waals surface area contributed by atoms with Gasteiger partial charge in [0, 0.05) is 11.1 Å². The molecule has 0 saturated carbocycles. The molecule has 0 saturated heterocycles. The number of rotatable bonds is 7. The van der Waals surface area contributed by atoms with Crippen LogP contribution in [0.25, 0.3) is 0 Å². The predicted molar refractivity (Wildman–Crippen MR) is 94.7 cm³/mol. The number of amides is 1. The van der Waals surface area contributed by atoms with Crippen LogP contribution in [0, 0.1) is 0 Å².